The molecule has 3 rings (SSSR count). The molecule has 0 bridgehead atoms. The molecule has 1 heterocycles. The molecular formula is C21H22N4O3S. The molecule has 2 aromatic carbocycles. The standard InChI is InChI=1S/C21H22N4O3S/c1-14(26)22-16-8-10-17(11-9-16)23-19(27)12-18-20(28)24(2)21(29)25(18)13-15-6-4-3-5-7-15/h3-11,18H,12-13H2,1-2H3,(H,22,26)(H,23,27). The van der Waals surface area contributed by atoms with Gasteiger partial charge in [0.1, 0.15) is 6.04 Å². The highest BCUT2D eigenvalue weighted by atomic mass is 32.1. The summed E-state index contributed by atoms with van der Waals surface area (Å²) in [6, 6.07) is 15.8. The zero-order valence-electron chi connectivity index (χ0n) is 16.2. The Morgan fingerprint density at radius 3 is 2.17 bits per heavy atom. The normalized spacial score (nSPS) is 16.1. The van der Waals surface area contributed by atoms with Crippen LogP contribution in [0.3, 0.4) is 0 Å². The van der Waals surface area contributed by atoms with Crippen molar-refractivity contribution in [1.29, 1.82) is 0 Å². The third kappa shape index (κ3) is 4.97. The van der Waals surface area contributed by atoms with Gasteiger partial charge >= 0.3 is 0 Å². The number of hydrogen-bond acceptors (Lipinski definition) is 4. The highest BCUT2D eigenvalue weighted by Gasteiger charge is 2.41. The largest absolute Gasteiger partial charge is 0.332 e. The monoisotopic (exact) mass is 410 g/mol. The number of carbonyl (C=O) groups is 3. The Morgan fingerprint density at radius 2 is 1.59 bits per heavy atom. The van der Waals surface area contributed by atoms with E-state index < -0.39 is 6.04 Å². The molecule has 1 saturated heterocycles. The Hall–Kier alpha value is -3.26. The van der Waals surface area contributed by atoms with Crippen LogP contribution in [0.5, 0.6) is 0 Å². The zero-order chi connectivity index (χ0) is 21.0. The number of nitrogens with one attached hydrogen (secondary N) is 2. The molecule has 29 heavy (non-hydrogen) atoms. The summed E-state index contributed by atoms with van der Waals surface area (Å²) in [6.07, 6.45) is -0.0103. The fourth-order valence-corrected chi connectivity index (χ4v) is 3.44. The molecular weight excluding hydrogens is 388 g/mol. The first-order valence-electron chi connectivity index (χ1n) is 9.15. The van der Waals surface area contributed by atoms with Crippen LogP contribution in [0.2, 0.25) is 0 Å². The first kappa shape index (κ1) is 20.5. The average molecular weight is 410 g/mol. The van der Waals surface area contributed by atoms with Gasteiger partial charge in [-0.1, -0.05) is 30.3 Å². The smallest absolute Gasteiger partial charge is 0.251 e. The lowest BCUT2D eigenvalue weighted by molar-refractivity contribution is -0.130. The van der Waals surface area contributed by atoms with Crippen LogP contribution in [0.1, 0.15) is 18.9 Å². The minimum absolute atomic E-state index is 0.0103. The molecule has 0 aliphatic carbocycles. The van der Waals surface area contributed by atoms with Gasteiger partial charge in [-0.25, -0.2) is 0 Å². The SMILES string of the molecule is CC(=O)Nc1ccc(NC(=O)CC2C(=O)N(C)C(=S)N2Cc2ccccc2)cc1. The summed E-state index contributed by atoms with van der Waals surface area (Å²) in [7, 11) is 1.63. The van der Waals surface area contributed by atoms with Crippen molar-refractivity contribution in [2.45, 2.75) is 25.9 Å². The number of carbonyl (C=O) groups excluding carboxylic acids is 3. The van der Waals surface area contributed by atoms with E-state index in [1.54, 1.807) is 36.2 Å². The van der Waals surface area contributed by atoms with Crippen molar-refractivity contribution >= 4 is 46.4 Å². The van der Waals surface area contributed by atoms with Crippen molar-refractivity contribution in [3.05, 3.63) is 60.2 Å². The molecule has 3 amide bonds. The Balaban J connectivity index is 1.67. The van der Waals surface area contributed by atoms with E-state index in [0.717, 1.165) is 5.56 Å². The number of rotatable bonds is 6. The van der Waals surface area contributed by atoms with Crippen LogP contribution >= 0.6 is 12.2 Å². The maximum absolute atomic E-state index is 12.6. The molecule has 1 atom stereocenters. The number of amides is 3. The van der Waals surface area contributed by atoms with E-state index in [4.69, 9.17) is 12.2 Å². The van der Waals surface area contributed by atoms with E-state index in [1.165, 1.54) is 11.8 Å². The highest BCUT2D eigenvalue weighted by Crippen LogP contribution is 2.23. The molecule has 0 radical (unpaired) electrons. The van der Waals surface area contributed by atoms with E-state index in [1.807, 2.05) is 30.3 Å². The van der Waals surface area contributed by atoms with Crippen LogP contribution in [0.25, 0.3) is 0 Å². The maximum Gasteiger partial charge on any atom is 0.251 e. The topological polar surface area (TPSA) is 81.8 Å². The molecule has 0 spiro atoms. The van der Waals surface area contributed by atoms with Gasteiger partial charge in [0.15, 0.2) is 5.11 Å². The second-order valence-corrected chi connectivity index (χ2v) is 7.19. The predicted molar refractivity (Wildman–Crippen MR) is 115 cm³/mol. The summed E-state index contributed by atoms with van der Waals surface area (Å²) >= 11 is 5.41. The summed E-state index contributed by atoms with van der Waals surface area (Å²) in [5, 5.41) is 5.87. The van der Waals surface area contributed by atoms with Crippen molar-refractivity contribution in [2.24, 2.45) is 0 Å². The molecule has 0 aromatic heterocycles. The number of benzene rings is 2. The van der Waals surface area contributed by atoms with Gasteiger partial charge in [-0.05, 0) is 42.0 Å². The van der Waals surface area contributed by atoms with E-state index >= 15 is 0 Å². The molecule has 1 aliphatic rings. The molecule has 1 fully saturated rings. The van der Waals surface area contributed by atoms with Gasteiger partial charge < -0.3 is 15.5 Å². The average Bonchev–Trinajstić information content (AvgIpc) is 2.88. The lowest BCUT2D eigenvalue weighted by Crippen LogP contribution is -2.37. The predicted octanol–water partition coefficient (Wildman–Crippen LogP) is 2.60. The Labute approximate surface area is 174 Å². The van der Waals surface area contributed by atoms with Crippen LogP contribution < -0.4 is 10.6 Å². The molecule has 0 saturated carbocycles. The molecule has 2 N–H and O–H groups in total. The maximum atomic E-state index is 12.6. The van der Waals surface area contributed by atoms with Crippen LogP contribution in [-0.4, -0.2) is 45.7 Å². The fraction of sp³-hybridized carbons (Fsp3) is 0.238. The van der Waals surface area contributed by atoms with Crippen molar-refractivity contribution in [1.82, 2.24) is 9.80 Å². The van der Waals surface area contributed by atoms with Gasteiger partial charge in [0.05, 0.1) is 6.42 Å². The Bertz CT molecular complexity index is 931. The van der Waals surface area contributed by atoms with Gasteiger partial charge in [-0.2, -0.15) is 0 Å². The van der Waals surface area contributed by atoms with Crippen LogP contribution in [0.15, 0.2) is 54.6 Å². The fourth-order valence-electron chi connectivity index (χ4n) is 3.16. The summed E-state index contributed by atoms with van der Waals surface area (Å²) in [5.74, 6) is -0.644. The first-order valence-corrected chi connectivity index (χ1v) is 9.55. The van der Waals surface area contributed by atoms with Gasteiger partial charge in [0.2, 0.25) is 11.8 Å². The minimum atomic E-state index is -0.647. The zero-order valence-corrected chi connectivity index (χ0v) is 17.0. The molecule has 1 unspecified atom stereocenters. The number of nitrogens with zero attached hydrogens (tertiary/aromatic N) is 2. The summed E-state index contributed by atoms with van der Waals surface area (Å²) in [4.78, 5) is 39.5. The molecule has 2 aromatic rings. The van der Waals surface area contributed by atoms with Crippen LogP contribution in [0.4, 0.5) is 11.4 Å². The number of hydrogen-bond donors (Lipinski definition) is 2. The number of likely N-dealkylation sites (N-methyl/N-ethyl adjacent to an activating group) is 1. The van der Waals surface area contributed by atoms with Gasteiger partial charge in [-0.15, -0.1) is 0 Å². The lowest BCUT2D eigenvalue weighted by Gasteiger charge is -2.23. The van der Waals surface area contributed by atoms with E-state index in [2.05, 4.69) is 10.6 Å². The Kier molecular flexibility index (Phi) is 6.23. The lowest BCUT2D eigenvalue weighted by atomic mass is 10.1. The second-order valence-electron chi connectivity index (χ2n) is 6.82. The number of anilines is 2. The Morgan fingerprint density at radius 1 is 1.00 bits per heavy atom. The second kappa shape index (κ2) is 8.83. The third-order valence-electron chi connectivity index (χ3n) is 4.59. The molecule has 7 nitrogen and oxygen atoms in total. The molecule has 150 valence electrons. The van der Waals surface area contributed by atoms with Gasteiger partial charge in [0, 0.05) is 31.9 Å². The van der Waals surface area contributed by atoms with E-state index in [0.29, 0.717) is 23.0 Å². The van der Waals surface area contributed by atoms with Gasteiger partial charge in [0.25, 0.3) is 5.91 Å². The summed E-state index contributed by atoms with van der Waals surface area (Å²) < 4.78 is 0. The van der Waals surface area contributed by atoms with Crippen molar-refractivity contribution in [3.8, 4) is 0 Å². The summed E-state index contributed by atoms with van der Waals surface area (Å²) in [6.45, 7) is 1.88. The van der Waals surface area contributed by atoms with Crippen molar-refractivity contribution in [3.63, 3.8) is 0 Å². The summed E-state index contributed by atoms with van der Waals surface area (Å²) in [5.41, 5.74) is 2.24. The van der Waals surface area contributed by atoms with E-state index in [-0.39, 0.29) is 24.1 Å². The highest BCUT2D eigenvalue weighted by molar-refractivity contribution is 7.80. The third-order valence-corrected chi connectivity index (χ3v) is 5.10. The van der Waals surface area contributed by atoms with Gasteiger partial charge in [-0.3, -0.25) is 19.3 Å². The number of thiocarbonyl (C=S) groups is 1. The van der Waals surface area contributed by atoms with Crippen LogP contribution in [-0.2, 0) is 20.9 Å². The van der Waals surface area contributed by atoms with E-state index in [9.17, 15) is 14.4 Å². The molecule has 1 aliphatic heterocycles. The quantitative estimate of drug-likeness (QED) is 0.716. The first-order chi connectivity index (χ1) is 13.8. The van der Waals surface area contributed by atoms with Crippen LogP contribution in [0, 0.1) is 0 Å². The molecule has 8 heteroatoms. The van der Waals surface area contributed by atoms with Crippen molar-refractivity contribution in [2.75, 3.05) is 17.7 Å². The van der Waals surface area contributed by atoms with Crippen molar-refractivity contribution < 1.29 is 14.4 Å². The minimum Gasteiger partial charge on any atom is -0.332 e.